The van der Waals surface area contributed by atoms with Gasteiger partial charge in [0.15, 0.2) is 0 Å². The molecular weight excluding hydrogens is 518 g/mol. The van der Waals surface area contributed by atoms with Crippen LogP contribution in [0, 0.1) is 11.3 Å². The summed E-state index contributed by atoms with van der Waals surface area (Å²) in [6.07, 6.45) is 6.53. The summed E-state index contributed by atoms with van der Waals surface area (Å²) in [6.45, 7) is 9.35. The molecule has 1 amide bonds. The maximum absolute atomic E-state index is 12.5. The zero-order valence-electron chi connectivity index (χ0n) is 24.5. The van der Waals surface area contributed by atoms with E-state index in [1.165, 1.54) is 17.2 Å². The Hall–Kier alpha value is -3.84. The van der Waals surface area contributed by atoms with Crippen LogP contribution in [0.2, 0.25) is 0 Å². The number of likely N-dealkylation sites (N-methyl/N-ethyl adjacent to an activating group) is 1. The van der Waals surface area contributed by atoms with E-state index in [1.807, 2.05) is 33.2 Å². The van der Waals surface area contributed by atoms with Crippen molar-refractivity contribution in [3.05, 3.63) is 47.2 Å². The van der Waals surface area contributed by atoms with Crippen molar-refractivity contribution in [2.45, 2.75) is 64.1 Å². The predicted octanol–water partition coefficient (Wildman–Crippen LogP) is 3.07. The lowest BCUT2D eigenvalue weighted by atomic mass is 9.89. The SMILES string of the molecule is C=CC(=O)N1CCN(c2nc(O[C@H](C)CN(C)C)nc3c2CCN(c2cc(O)cc4c2CCCC4)C3)CC1CC#N. The Morgan fingerprint density at radius 3 is 2.76 bits per heavy atom. The molecule has 10 heteroatoms. The monoisotopic (exact) mass is 559 g/mol. The number of aromatic hydroxyl groups is 1. The molecule has 1 aromatic heterocycles. The van der Waals surface area contributed by atoms with Gasteiger partial charge in [-0.1, -0.05) is 6.58 Å². The Morgan fingerprint density at radius 2 is 2.00 bits per heavy atom. The number of amides is 1. The van der Waals surface area contributed by atoms with Gasteiger partial charge in [-0.25, -0.2) is 0 Å². The molecule has 3 heterocycles. The van der Waals surface area contributed by atoms with Crippen LogP contribution in [-0.2, 0) is 30.6 Å². The van der Waals surface area contributed by atoms with E-state index in [9.17, 15) is 15.2 Å². The summed E-state index contributed by atoms with van der Waals surface area (Å²) in [5.41, 5.74) is 5.69. The molecule has 1 saturated heterocycles. The van der Waals surface area contributed by atoms with E-state index in [4.69, 9.17) is 14.7 Å². The van der Waals surface area contributed by atoms with Crippen LogP contribution in [0.25, 0.3) is 0 Å². The van der Waals surface area contributed by atoms with E-state index in [0.717, 1.165) is 68.0 Å². The molecule has 1 unspecified atom stereocenters. The lowest BCUT2D eigenvalue weighted by Crippen LogP contribution is -2.55. The summed E-state index contributed by atoms with van der Waals surface area (Å²) in [6, 6.07) is 6.16. The van der Waals surface area contributed by atoms with Gasteiger partial charge in [-0.2, -0.15) is 15.2 Å². The van der Waals surface area contributed by atoms with Crippen molar-refractivity contribution in [2.75, 3.05) is 56.6 Å². The molecule has 2 aliphatic heterocycles. The number of carbonyl (C=O) groups excluding carboxylic acids is 1. The van der Waals surface area contributed by atoms with Crippen LogP contribution >= 0.6 is 0 Å². The first-order chi connectivity index (χ1) is 19.8. The first-order valence-corrected chi connectivity index (χ1v) is 14.6. The molecule has 5 rings (SSSR count). The number of piperazine rings is 1. The lowest BCUT2D eigenvalue weighted by molar-refractivity contribution is -0.128. The summed E-state index contributed by atoms with van der Waals surface area (Å²) < 4.78 is 6.25. The third-order valence-electron chi connectivity index (χ3n) is 8.29. The van der Waals surface area contributed by atoms with Gasteiger partial charge in [0, 0.05) is 50.0 Å². The van der Waals surface area contributed by atoms with Gasteiger partial charge < -0.3 is 29.4 Å². The number of hydrogen-bond acceptors (Lipinski definition) is 9. The molecule has 10 nitrogen and oxygen atoms in total. The van der Waals surface area contributed by atoms with Crippen molar-refractivity contribution in [1.82, 2.24) is 19.8 Å². The van der Waals surface area contributed by atoms with Gasteiger partial charge in [0.2, 0.25) is 5.91 Å². The first kappa shape index (κ1) is 28.7. The molecule has 2 aromatic rings. The zero-order chi connectivity index (χ0) is 29.1. The minimum absolute atomic E-state index is 0.109. The van der Waals surface area contributed by atoms with Crippen LogP contribution in [0.3, 0.4) is 0 Å². The van der Waals surface area contributed by atoms with Gasteiger partial charge >= 0.3 is 6.01 Å². The Morgan fingerprint density at radius 1 is 1.20 bits per heavy atom. The second kappa shape index (κ2) is 12.4. The number of aromatic nitrogens is 2. The second-order valence-electron chi connectivity index (χ2n) is 11.6. The van der Waals surface area contributed by atoms with Crippen molar-refractivity contribution >= 4 is 17.4 Å². The average molecular weight is 560 g/mol. The lowest BCUT2D eigenvalue weighted by Gasteiger charge is -2.42. The predicted molar refractivity (Wildman–Crippen MR) is 158 cm³/mol. The zero-order valence-corrected chi connectivity index (χ0v) is 24.5. The first-order valence-electron chi connectivity index (χ1n) is 14.6. The summed E-state index contributed by atoms with van der Waals surface area (Å²) in [7, 11) is 4.01. The van der Waals surface area contributed by atoms with Crippen LogP contribution in [0.5, 0.6) is 11.8 Å². The molecule has 0 bridgehead atoms. The highest BCUT2D eigenvalue weighted by Crippen LogP contribution is 2.38. The van der Waals surface area contributed by atoms with E-state index in [1.54, 1.807) is 4.90 Å². The maximum Gasteiger partial charge on any atom is 0.318 e. The van der Waals surface area contributed by atoms with Crippen LogP contribution in [0.1, 0.15) is 48.6 Å². The second-order valence-corrected chi connectivity index (χ2v) is 11.6. The van der Waals surface area contributed by atoms with Gasteiger partial charge in [0.05, 0.1) is 30.8 Å². The molecule has 1 fully saturated rings. The molecule has 1 aliphatic carbocycles. The molecule has 1 N–H and O–H groups in total. The largest absolute Gasteiger partial charge is 0.508 e. The molecule has 0 radical (unpaired) electrons. The number of phenolic OH excluding ortho intramolecular Hbond substituents is 1. The Balaban J connectivity index is 1.49. The highest BCUT2D eigenvalue weighted by Gasteiger charge is 2.34. The molecule has 0 saturated carbocycles. The summed E-state index contributed by atoms with van der Waals surface area (Å²) in [5.74, 6) is 0.987. The van der Waals surface area contributed by atoms with E-state index in [2.05, 4.69) is 27.3 Å². The fourth-order valence-electron chi connectivity index (χ4n) is 6.49. The fourth-order valence-corrected chi connectivity index (χ4v) is 6.49. The highest BCUT2D eigenvalue weighted by molar-refractivity contribution is 5.87. The third-order valence-corrected chi connectivity index (χ3v) is 8.29. The third kappa shape index (κ3) is 6.25. The summed E-state index contributed by atoms with van der Waals surface area (Å²) in [5, 5.41) is 20.0. The molecular formula is C31H41N7O3. The quantitative estimate of drug-likeness (QED) is 0.488. The number of benzene rings is 1. The Labute approximate surface area is 242 Å². The average Bonchev–Trinajstić information content (AvgIpc) is 2.95. The number of anilines is 2. The van der Waals surface area contributed by atoms with Crippen molar-refractivity contribution in [3.63, 3.8) is 0 Å². The van der Waals surface area contributed by atoms with Gasteiger partial charge in [-0.15, -0.1) is 0 Å². The highest BCUT2D eigenvalue weighted by atomic mass is 16.5. The van der Waals surface area contributed by atoms with Crippen molar-refractivity contribution in [3.8, 4) is 17.8 Å². The number of hydrogen-bond donors (Lipinski definition) is 1. The fraction of sp³-hybridized carbons (Fsp3) is 0.548. The van der Waals surface area contributed by atoms with E-state index >= 15 is 0 Å². The molecule has 3 aliphatic rings. The standard InChI is InChI=1S/C31H41N7O3/c1-5-29(40)38-15-14-37(19-23(38)10-12-32)30-26-11-13-36(28-17-24(39)16-22-8-6-7-9-25(22)28)20-27(26)33-31(34-30)41-21(2)18-35(3)4/h5,16-17,21,23,39H,1,6-11,13-15,18-20H2,2-4H3/t21-,23?/m1/s1. The number of fused-ring (bicyclic) bond motifs is 2. The van der Waals surface area contributed by atoms with Crippen LogP contribution in [0.4, 0.5) is 11.5 Å². The van der Waals surface area contributed by atoms with Gasteiger partial charge in [0.25, 0.3) is 0 Å². The summed E-state index contributed by atoms with van der Waals surface area (Å²) in [4.78, 5) is 30.7. The van der Waals surface area contributed by atoms with E-state index < -0.39 is 0 Å². The molecule has 41 heavy (non-hydrogen) atoms. The van der Waals surface area contributed by atoms with Crippen LogP contribution in [-0.4, -0.2) is 89.7 Å². The number of phenols is 1. The molecule has 218 valence electrons. The van der Waals surface area contributed by atoms with Crippen LogP contribution in [0.15, 0.2) is 24.8 Å². The van der Waals surface area contributed by atoms with Crippen LogP contribution < -0.4 is 14.5 Å². The van der Waals surface area contributed by atoms with Gasteiger partial charge in [-0.05, 0) is 76.4 Å². The maximum atomic E-state index is 12.5. The number of aryl methyl sites for hydroxylation is 1. The number of carbonyl (C=O) groups is 1. The number of rotatable bonds is 8. The molecule has 2 atom stereocenters. The Kier molecular flexibility index (Phi) is 8.64. The van der Waals surface area contributed by atoms with E-state index in [0.29, 0.717) is 37.9 Å². The van der Waals surface area contributed by atoms with Crippen molar-refractivity contribution in [2.24, 2.45) is 0 Å². The molecule has 1 aromatic carbocycles. The minimum Gasteiger partial charge on any atom is -0.508 e. The van der Waals surface area contributed by atoms with E-state index in [-0.39, 0.29) is 24.5 Å². The van der Waals surface area contributed by atoms with Crippen molar-refractivity contribution in [1.29, 1.82) is 5.26 Å². The van der Waals surface area contributed by atoms with Gasteiger partial charge in [-0.3, -0.25) is 4.79 Å². The minimum atomic E-state index is -0.249. The number of ether oxygens (including phenoxy) is 1. The van der Waals surface area contributed by atoms with Crippen molar-refractivity contribution < 1.29 is 14.6 Å². The number of nitrogens with zero attached hydrogens (tertiary/aromatic N) is 7. The van der Waals surface area contributed by atoms with Gasteiger partial charge in [0.1, 0.15) is 17.7 Å². The smallest absolute Gasteiger partial charge is 0.318 e. The topological polar surface area (TPSA) is 109 Å². The Bertz CT molecular complexity index is 1340. The summed E-state index contributed by atoms with van der Waals surface area (Å²) >= 11 is 0. The number of nitriles is 1. The molecule has 0 spiro atoms. The normalized spacial score (nSPS) is 19.3.